The van der Waals surface area contributed by atoms with Crippen LogP contribution in [-0.4, -0.2) is 10.2 Å². The molecule has 2 nitrogen and oxygen atoms in total. The van der Waals surface area contributed by atoms with E-state index in [1.807, 2.05) is 42.5 Å². The summed E-state index contributed by atoms with van der Waals surface area (Å²) in [7, 11) is 0. The molecule has 0 aliphatic rings. The monoisotopic (exact) mass is 182 g/mol. The maximum atomic E-state index is 4.03. The molecule has 2 rings (SSSR count). The van der Waals surface area contributed by atoms with Crippen molar-refractivity contribution in [1.82, 2.24) is 10.2 Å². The standard InChI is InChI=1S/C12H10N2/c1-2-10-5-7-11(8-6-10)12-4-3-9-13-14-12/h2-9H,1H2. The molecule has 0 spiro atoms. The second-order valence-electron chi connectivity index (χ2n) is 2.94. The average molecular weight is 182 g/mol. The first-order valence-corrected chi connectivity index (χ1v) is 4.41. The van der Waals surface area contributed by atoms with Crippen LogP contribution in [-0.2, 0) is 0 Å². The van der Waals surface area contributed by atoms with E-state index >= 15 is 0 Å². The zero-order chi connectivity index (χ0) is 9.80. The molecule has 0 aliphatic carbocycles. The molecule has 0 saturated heterocycles. The van der Waals surface area contributed by atoms with Gasteiger partial charge in [-0.1, -0.05) is 36.9 Å². The van der Waals surface area contributed by atoms with Crippen molar-refractivity contribution in [3.8, 4) is 11.3 Å². The Bertz CT molecular complexity index is 418. The Hall–Kier alpha value is -1.96. The smallest absolute Gasteiger partial charge is 0.0929 e. The Morgan fingerprint density at radius 1 is 1.07 bits per heavy atom. The van der Waals surface area contributed by atoms with Gasteiger partial charge in [-0.3, -0.25) is 0 Å². The predicted octanol–water partition coefficient (Wildman–Crippen LogP) is 2.79. The van der Waals surface area contributed by atoms with Crippen molar-refractivity contribution in [2.75, 3.05) is 0 Å². The van der Waals surface area contributed by atoms with E-state index in [4.69, 9.17) is 0 Å². The lowest BCUT2D eigenvalue weighted by atomic mass is 10.1. The third kappa shape index (κ3) is 1.69. The van der Waals surface area contributed by atoms with Crippen LogP contribution in [0.4, 0.5) is 0 Å². The van der Waals surface area contributed by atoms with E-state index in [1.54, 1.807) is 6.20 Å². The second kappa shape index (κ2) is 3.83. The fraction of sp³-hybridized carbons (Fsp3) is 0. The highest BCUT2D eigenvalue weighted by Gasteiger charge is 1.97. The van der Waals surface area contributed by atoms with Gasteiger partial charge in [0.05, 0.1) is 5.69 Å². The van der Waals surface area contributed by atoms with Gasteiger partial charge < -0.3 is 0 Å². The molecule has 0 atom stereocenters. The lowest BCUT2D eigenvalue weighted by Gasteiger charge is -1.99. The topological polar surface area (TPSA) is 25.8 Å². The molecule has 68 valence electrons. The lowest BCUT2D eigenvalue weighted by molar-refractivity contribution is 1.04. The lowest BCUT2D eigenvalue weighted by Crippen LogP contribution is -1.85. The van der Waals surface area contributed by atoms with Crippen molar-refractivity contribution >= 4 is 6.08 Å². The highest BCUT2D eigenvalue weighted by molar-refractivity contribution is 5.61. The van der Waals surface area contributed by atoms with Crippen molar-refractivity contribution in [1.29, 1.82) is 0 Å². The second-order valence-corrected chi connectivity index (χ2v) is 2.94. The van der Waals surface area contributed by atoms with E-state index < -0.39 is 0 Å². The molecule has 2 aromatic rings. The summed E-state index contributed by atoms with van der Waals surface area (Å²) < 4.78 is 0. The summed E-state index contributed by atoms with van der Waals surface area (Å²) >= 11 is 0. The number of aromatic nitrogens is 2. The molecule has 1 aromatic heterocycles. The maximum Gasteiger partial charge on any atom is 0.0929 e. The number of nitrogens with zero attached hydrogens (tertiary/aromatic N) is 2. The molecular weight excluding hydrogens is 172 g/mol. The zero-order valence-electron chi connectivity index (χ0n) is 7.72. The molecule has 0 fully saturated rings. The van der Waals surface area contributed by atoms with Crippen LogP contribution in [0.1, 0.15) is 5.56 Å². The molecule has 1 heterocycles. The minimum Gasteiger partial charge on any atom is -0.159 e. The van der Waals surface area contributed by atoms with Gasteiger partial charge in [0, 0.05) is 11.8 Å². The Labute approximate surface area is 82.9 Å². The summed E-state index contributed by atoms with van der Waals surface area (Å²) in [6, 6.07) is 11.9. The molecule has 14 heavy (non-hydrogen) atoms. The molecule has 0 unspecified atom stereocenters. The first kappa shape index (κ1) is 8.63. The normalized spacial score (nSPS) is 9.71. The average Bonchev–Trinajstić information content (AvgIpc) is 2.30. The van der Waals surface area contributed by atoms with Gasteiger partial charge in [-0.2, -0.15) is 10.2 Å². The van der Waals surface area contributed by atoms with E-state index in [1.165, 1.54) is 0 Å². The first-order valence-electron chi connectivity index (χ1n) is 4.41. The minimum atomic E-state index is 0.892. The van der Waals surface area contributed by atoms with Crippen molar-refractivity contribution in [3.05, 3.63) is 54.7 Å². The van der Waals surface area contributed by atoms with Gasteiger partial charge in [-0.05, 0) is 17.7 Å². The van der Waals surface area contributed by atoms with Crippen LogP contribution in [0.3, 0.4) is 0 Å². The van der Waals surface area contributed by atoms with E-state index in [0.29, 0.717) is 0 Å². The molecule has 1 aromatic carbocycles. The summed E-state index contributed by atoms with van der Waals surface area (Å²) in [5.41, 5.74) is 3.07. The molecule has 0 bridgehead atoms. The molecule has 2 heteroatoms. The number of hydrogen-bond acceptors (Lipinski definition) is 2. The number of rotatable bonds is 2. The Morgan fingerprint density at radius 3 is 2.43 bits per heavy atom. The Kier molecular flexibility index (Phi) is 2.36. The van der Waals surface area contributed by atoms with Crippen LogP contribution in [0.5, 0.6) is 0 Å². The van der Waals surface area contributed by atoms with E-state index in [2.05, 4.69) is 16.8 Å². The molecule has 0 aliphatic heterocycles. The van der Waals surface area contributed by atoms with Gasteiger partial charge >= 0.3 is 0 Å². The molecule has 0 amide bonds. The van der Waals surface area contributed by atoms with E-state index in [0.717, 1.165) is 16.8 Å². The van der Waals surface area contributed by atoms with Gasteiger partial charge in [0.25, 0.3) is 0 Å². The predicted molar refractivity (Wildman–Crippen MR) is 57.6 cm³/mol. The Morgan fingerprint density at radius 2 is 1.86 bits per heavy atom. The minimum absolute atomic E-state index is 0.892. The molecule has 0 radical (unpaired) electrons. The molecular formula is C12H10N2. The van der Waals surface area contributed by atoms with Gasteiger partial charge in [0.1, 0.15) is 0 Å². The zero-order valence-corrected chi connectivity index (χ0v) is 7.72. The van der Waals surface area contributed by atoms with Crippen molar-refractivity contribution in [2.24, 2.45) is 0 Å². The maximum absolute atomic E-state index is 4.03. The van der Waals surface area contributed by atoms with Crippen molar-refractivity contribution in [3.63, 3.8) is 0 Å². The number of hydrogen-bond donors (Lipinski definition) is 0. The quantitative estimate of drug-likeness (QED) is 0.713. The van der Waals surface area contributed by atoms with Gasteiger partial charge in [-0.15, -0.1) is 0 Å². The fourth-order valence-corrected chi connectivity index (χ4v) is 1.25. The highest BCUT2D eigenvalue weighted by atomic mass is 15.1. The SMILES string of the molecule is C=Cc1ccc(-c2cccnn2)cc1. The van der Waals surface area contributed by atoms with Crippen LogP contribution in [0.15, 0.2) is 49.2 Å². The van der Waals surface area contributed by atoms with Crippen LogP contribution in [0, 0.1) is 0 Å². The number of benzene rings is 1. The Balaban J connectivity index is 2.39. The van der Waals surface area contributed by atoms with Crippen LogP contribution < -0.4 is 0 Å². The molecule has 0 saturated carbocycles. The van der Waals surface area contributed by atoms with Crippen LogP contribution in [0.2, 0.25) is 0 Å². The largest absolute Gasteiger partial charge is 0.159 e. The third-order valence-corrected chi connectivity index (χ3v) is 2.01. The summed E-state index contributed by atoms with van der Waals surface area (Å²) in [6.45, 7) is 3.71. The fourth-order valence-electron chi connectivity index (χ4n) is 1.25. The first-order chi connectivity index (χ1) is 6.90. The molecule has 0 N–H and O–H groups in total. The van der Waals surface area contributed by atoms with Crippen LogP contribution >= 0.6 is 0 Å². The van der Waals surface area contributed by atoms with E-state index in [9.17, 15) is 0 Å². The summed E-state index contributed by atoms with van der Waals surface area (Å²) in [5.74, 6) is 0. The van der Waals surface area contributed by atoms with Gasteiger partial charge in [0.2, 0.25) is 0 Å². The van der Waals surface area contributed by atoms with E-state index in [-0.39, 0.29) is 0 Å². The van der Waals surface area contributed by atoms with Crippen LogP contribution in [0.25, 0.3) is 17.3 Å². The summed E-state index contributed by atoms with van der Waals surface area (Å²) in [6.07, 6.45) is 3.49. The highest BCUT2D eigenvalue weighted by Crippen LogP contribution is 2.16. The van der Waals surface area contributed by atoms with Gasteiger partial charge in [0.15, 0.2) is 0 Å². The summed E-state index contributed by atoms with van der Waals surface area (Å²) in [4.78, 5) is 0. The van der Waals surface area contributed by atoms with Crippen molar-refractivity contribution < 1.29 is 0 Å². The van der Waals surface area contributed by atoms with Crippen molar-refractivity contribution in [2.45, 2.75) is 0 Å². The van der Waals surface area contributed by atoms with Gasteiger partial charge in [-0.25, -0.2) is 0 Å². The third-order valence-electron chi connectivity index (χ3n) is 2.01. The summed E-state index contributed by atoms with van der Waals surface area (Å²) in [5, 5.41) is 7.86.